The number of unbranched alkanes of at least 4 members (excludes halogenated alkanes) is 1. The largest absolute Gasteiger partial charge is 0.463 e. The lowest BCUT2D eigenvalue weighted by Gasteiger charge is -2.44. The maximum atomic E-state index is 13.5. The van der Waals surface area contributed by atoms with Crippen LogP contribution in [0.4, 0.5) is 4.79 Å². The first-order chi connectivity index (χ1) is 35.3. The SMILES string of the molecule is CC(=O)OC[C@H]1O[C@@H](OCC(=O)NCCCC[C@H](NC(=O)CO[C@@H]2O[C@H](COC(C)=O)[C@H](OC(C)=O)[C@H](OC(C)=O)[C@H]2CC(N)=O)C(=O)NCCNC(=O)OC[C@H](O)CO)[C@H](CC(N)=O)[C@@H](OC(C)=O)[C@H]1OC(C)=O. The predicted molar refractivity (Wildman–Crippen MR) is 244 cm³/mol. The molecule has 2 fully saturated rings. The number of esters is 6. The number of carbonyl (C=O) groups excluding carboxylic acids is 12. The summed E-state index contributed by atoms with van der Waals surface area (Å²) in [6, 6.07) is -1.31. The number of alkyl carbamates (subject to hydrolysis) is 1. The normalized spacial score (nSPS) is 23.8. The molecule has 0 aromatic rings. The maximum Gasteiger partial charge on any atom is 0.407 e. The quantitative estimate of drug-likeness (QED) is 0.0184. The molecule has 0 aromatic heterocycles. The molecule has 2 heterocycles. The molecule has 12 atom stereocenters. The van der Waals surface area contributed by atoms with Crippen LogP contribution in [0.1, 0.15) is 73.6 Å². The van der Waals surface area contributed by atoms with Crippen molar-refractivity contribution in [3.63, 3.8) is 0 Å². The molecule has 0 unspecified atom stereocenters. The van der Waals surface area contributed by atoms with Crippen molar-refractivity contribution in [3.8, 4) is 0 Å². The van der Waals surface area contributed by atoms with Crippen molar-refractivity contribution in [3.05, 3.63) is 0 Å². The second-order valence-electron chi connectivity index (χ2n) is 16.9. The second-order valence-corrected chi connectivity index (χ2v) is 16.9. The second kappa shape index (κ2) is 33.2. The Labute approximate surface area is 429 Å². The topological polar surface area (TPSA) is 447 Å². The minimum atomic E-state index is -1.60. The predicted octanol–water partition coefficient (Wildman–Crippen LogP) is -4.73. The molecule has 10 N–H and O–H groups in total. The highest BCUT2D eigenvalue weighted by Gasteiger charge is 2.53. The molecule has 6 amide bonds. The average molecular weight is 1080 g/mol. The van der Waals surface area contributed by atoms with Crippen LogP contribution in [0.3, 0.4) is 0 Å². The van der Waals surface area contributed by atoms with E-state index in [9.17, 15) is 62.6 Å². The first-order valence-corrected chi connectivity index (χ1v) is 23.4. The van der Waals surface area contributed by atoms with Crippen LogP contribution in [-0.4, -0.2) is 202 Å². The Balaban J connectivity index is 2.22. The van der Waals surface area contributed by atoms with Crippen molar-refractivity contribution >= 4 is 71.4 Å². The fraction of sp³-hybridized carbons (Fsp3) is 0.727. The molecular formula is C44H68N6O25. The fourth-order valence-corrected chi connectivity index (χ4v) is 7.49. The van der Waals surface area contributed by atoms with Crippen molar-refractivity contribution in [2.24, 2.45) is 23.3 Å². The van der Waals surface area contributed by atoms with Gasteiger partial charge in [-0.05, 0) is 19.3 Å². The van der Waals surface area contributed by atoms with E-state index in [0.717, 1.165) is 41.5 Å². The van der Waals surface area contributed by atoms with E-state index in [-0.39, 0.29) is 38.9 Å². The number of primary amides is 2. The van der Waals surface area contributed by atoms with E-state index < -0.39 is 197 Å². The summed E-state index contributed by atoms with van der Waals surface area (Å²) in [7, 11) is 0. The summed E-state index contributed by atoms with van der Waals surface area (Å²) in [6.45, 7) is 2.11. The number of nitrogens with one attached hydrogen (secondary N) is 4. The molecule has 2 aliphatic rings. The van der Waals surface area contributed by atoms with E-state index in [4.69, 9.17) is 68.7 Å². The Morgan fingerprint density at radius 2 is 0.987 bits per heavy atom. The Morgan fingerprint density at radius 1 is 0.547 bits per heavy atom. The molecule has 0 radical (unpaired) electrons. The van der Waals surface area contributed by atoms with Crippen LogP contribution < -0.4 is 32.7 Å². The average Bonchev–Trinajstić information content (AvgIpc) is 3.31. The van der Waals surface area contributed by atoms with Crippen LogP contribution in [0.2, 0.25) is 0 Å². The van der Waals surface area contributed by atoms with Gasteiger partial charge in [-0.3, -0.25) is 52.7 Å². The number of hydrogen-bond donors (Lipinski definition) is 8. The lowest BCUT2D eigenvalue weighted by Crippen LogP contribution is -2.60. The van der Waals surface area contributed by atoms with E-state index in [2.05, 4.69) is 21.3 Å². The van der Waals surface area contributed by atoms with Crippen LogP contribution >= 0.6 is 0 Å². The summed E-state index contributed by atoms with van der Waals surface area (Å²) in [5.74, 6) is -11.7. The van der Waals surface area contributed by atoms with Gasteiger partial charge in [-0.1, -0.05) is 0 Å². The minimum Gasteiger partial charge on any atom is -0.463 e. The molecule has 0 aromatic carbocycles. The zero-order valence-corrected chi connectivity index (χ0v) is 42.3. The van der Waals surface area contributed by atoms with Crippen molar-refractivity contribution in [2.75, 3.05) is 59.3 Å². The van der Waals surface area contributed by atoms with E-state index >= 15 is 0 Å². The Hall–Kier alpha value is -6.80. The molecule has 0 spiro atoms. The molecule has 2 aliphatic heterocycles. The summed E-state index contributed by atoms with van der Waals surface area (Å²) in [5, 5.41) is 28.2. The highest BCUT2D eigenvalue weighted by atomic mass is 16.7. The maximum absolute atomic E-state index is 13.5. The van der Waals surface area contributed by atoms with Crippen molar-refractivity contribution in [2.45, 2.75) is 135 Å². The van der Waals surface area contributed by atoms with E-state index in [1.165, 1.54) is 0 Å². The highest BCUT2D eigenvalue weighted by molar-refractivity contribution is 5.88. The molecule has 31 nitrogen and oxygen atoms in total. The molecular weight excluding hydrogens is 1010 g/mol. The summed E-state index contributed by atoms with van der Waals surface area (Å²) < 4.78 is 59.7. The highest BCUT2D eigenvalue weighted by Crippen LogP contribution is 2.35. The van der Waals surface area contributed by atoms with Crippen LogP contribution in [0.5, 0.6) is 0 Å². The number of aliphatic hydroxyl groups excluding tert-OH is 2. The van der Waals surface area contributed by atoms with E-state index in [0.29, 0.717) is 0 Å². The summed E-state index contributed by atoms with van der Waals surface area (Å²) in [6.07, 6.45) is -14.6. The molecule has 0 aliphatic carbocycles. The number of rotatable bonds is 31. The number of hydrogen-bond acceptors (Lipinski definition) is 25. The lowest BCUT2D eigenvalue weighted by atomic mass is 9.87. The summed E-state index contributed by atoms with van der Waals surface area (Å²) in [5.41, 5.74) is 11.0. The van der Waals surface area contributed by atoms with Crippen molar-refractivity contribution in [1.82, 2.24) is 21.3 Å². The first kappa shape index (κ1) is 64.3. The number of amides is 6. The number of aliphatic hydroxyl groups is 2. The lowest BCUT2D eigenvalue weighted by molar-refractivity contribution is -0.290. The van der Waals surface area contributed by atoms with E-state index in [1.54, 1.807) is 0 Å². The van der Waals surface area contributed by atoms with Gasteiger partial charge in [0.1, 0.15) is 69.6 Å². The van der Waals surface area contributed by atoms with Gasteiger partial charge in [0.25, 0.3) is 0 Å². The van der Waals surface area contributed by atoms with Gasteiger partial charge in [0.2, 0.25) is 29.5 Å². The molecule has 2 rings (SSSR count). The molecule has 0 saturated carbocycles. The standard InChI is InChI=1S/C44H68N6O25/c1-21(52)65-17-31-39(72-25(5)56)37(70-23(3)54)28(13-33(45)59)42(74-31)67-19-35(61)47-10-8-7-9-30(41(63)48-11-12-49-44(64)69-16-27(58)15-51)50-36(62)20-68-43-29(14-34(46)60)38(71-24(4)55)40(73-26(6)57)32(75-43)18-66-22(2)53/h27-32,37-40,42-43,51,58H,7-20H2,1-6H3,(H2,45,59)(H2,46,60)(H,47,61)(H,48,63)(H,49,64)(H,50,62)/t27-,28-,29-,30+,31-,32-,37-,38-,39+,40+,42-,43-/m1/s1. The van der Waals surface area contributed by atoms with Gasteiger partial charge in [0.15, 0.2) is 24.8 Å². The third-order valence-corrected chi connectivity index (χ3v) is 10.5. The van der Waals surface area contributed by atoms with Crippen LogP contribution in [0.25, 0.3) is 0 Å². The third-order valence-electron chi connectivity index (χ3n) is 10.5. The van der Waals surface area contributed by atoms with Gasteiger partial charge in [-0.15, -0.1) is 0 Å². The van der Waals surface area contributed by atoms with Gasteiger partial charge in [0.05, 0.1) is 18.4 Å². The Morgan fingerprint density at radius 3 is 1.41 bits per heavy atom. The first-order valence-electron chi connectivity index (χ1n) is 23.4. The zero-order chi connectivity index (χ0) is 56.4. The molecule has 0 bridgehead atoms. The smallest absolute Gasteiger partial charge is 0.407 e. The Kier molecular flexibility index (Phi) is 28.5. The van der Waals surface area contributed by atoms with Crippen LogP contribution in [-0.2, 0) is 105 Å². The fourth-order valence-electron chi connectivity index (χ4n) is 7.49. The van der Waals surface area contributed by atoms with Gasteiger partial charge in [-0.25, -0.2) is 4.79 Å². The number of carbonyl (C=O) groups is 12. The minimum absolute atomic E-state index is 0.0346. The van der Waals surface area contributed by atoms with E-state index in [1.807, 2.05) is 0 Å². The van der Waals surface area contributed by atoms with Gasteiger partial charge in [-0.2, -0.15) is 0 Å². The third kappa shape index (κ3) is 24.9. The number of nitrogens with two attached hydrogens (primary N) is 2. The van der Waals surface area contributed by atoms with Crippen molar-refractivity contribution < 1.29 is 120 Å². The summed E-state index contributed by atoms with van der Waals surface area (Å²) >= 11 is 0. The Bertz CT molecular complexity index is 1990. The van der Waals surface area contributed by atoms with Crippen LogP contribution in [0.15, 0.2) is 0 Å². The molecule has 31 heteroatoms. The zero-order valence-electron chi connectivity index (χ0n) is 42.3. The summed E-state index contributed by atoms with van der Waals surface area (Å²) in [4.78, 5) is 148. The molecule has 424 valence electrons. The van der Waals surface area contributed by atoms with Gasteiger partial charge < -0.3 is 95.1 Å². The monoisotopic (exact) mass is 1080 g/mol. The molecule has 75 heavy (non-hydrogen) atoms. The van der Waals surface area contributed by atoms with Crippen LogP contribution in [0, 0.1) is 11.8 Å². The van der Waals surface area contributed by atoms with Gasteiger partial charge >= 0.3 is 41.9 Å². The molecule has 2 saturated heterocycles. The van der Waals surface area contributed by atoms with Crippen molar-refractivity contribution in [1.29, 1.82) is 0 Å². The number of ether oxygens (including phenoxy) is 11. The van der Waals surface area contributed by atoms with Gasteiger partial charge in [0, 0.05) is 74.0 Å².